The van der Waals surface area contributed by atoms with Crippen LogP contribution < -0.4 is 10.0 Å². The van der Waals surface area contributed by atoms with Crippen molar-refractivity contribution in [2.24, 2.45) is 0 Å². The third kappa shape index (κ3) is 3.73. The normalized spacial score (nSPS) is 12.9. The summed E-state index contributed by atoms with van der Waals surface area (Å²) >= 11 is 5.75. The molecule has 1 amide bonds. The molecule has 7 nitrogen and oxygen atoms in total. The third-order valence-electron chi connectivity index (χ3n) is 3.10. The van der Waals surface area contributed by atoms with E-state index < -0.39 is 25.5 Å². The number of amides is 1. The van der Waals surface area contributed by atoms with Gasteiger partial charge in [-0.1, -0.05) is 29.8 Å². The van der Waals surface area contributed by atoms with E-state index in [-0.39, 0.29) is 4.90 Å². The molecule has 0 aliphatic heterocycles. The highest BCUT2D eigenvalue weighted by atomic mass is 35.5. The smallest absolute Gasteiger partial charge is 0.316 e. The molecule has 0 aliphatic carbocycles. The zero-order valence-corrected chi connectivity index (χ0v) is 14.1. The van der Waals surface area contributed by atoms with Gasteiger partial charge in [0.2, 0.25) is 0 Å². The molecule has 0 saturated heterocycles. The van der Waals surface area contributed by atoms with Crippen molar-refractivity contribution in [2.45, 2.75) is 4.90 Å². The lowest BCUT2D eigenvalue weighted by Crippen LogP contribution is -2.40. The fraction of sp³-hybridized carbons (Fsp3) is 0.0667. The van der Waals surface area contributed by atoms with E-state index in [4.69, 9.17) is 11.6 Å². The van der Waals surface area contributed by atoms with Crippen molar-refractivity contribution in [2.75, 3.05) is 12.4 Å². The molecular formula is C15H14ClN3O4S. The largest absolute Gasteiger partial charge is 0.403 e. The van der Waals surface area contributed by atoms with Crippen LogP contribution in [0, 0.1) is 10.1 Å². The molecule has 1 unspecified atom stereocenters. The van der Waals surface area contributed by atoms with Crippen LogP contribution in [-0.4, -0.2) is 27.1 Å². The molecule has 9 heteroatoms. The topological polar surface area (TPSA) is 101 Å². The van der Waals surface area contributed by atoms with E-state index in [0.29, 0.717) is 10.7 Å². The van der Waals surface area contributed by atoms with Crippen molar-refractivity contribution in [1.82, 2.24) is 4.72 Å². The molecule has 24 heavy (non-hydrogen) atoms. The van der Waals surface area contributed by atoms with Gasteiger partial charge in [-0.2, -0.15) is 0 Å². The quantitative estimate of drug-likeness (QED) is 0.493. The summed E-state index contributed by atoms with van der Waals surface area (Å²) in [6, 6.07) is 13.8. The minimum atomic E-state index is -3.54. The van der Waals surface area contributed by atoms with Crippen LogP contribution in [0.15, 0.2) is 59.5 Å². The summed E-state index contributed by atoms with van der Waals surface area (Å²) in [7, 11) is -2.24. The van der Waals surface area contributed by atoms with Crippen LogP contribution in [0.4, 0.5) is 5.69 Å². The number of nitrogens with zero attached hydrogens (tertiary/aromatic N) is 1. The second-order valence-corrected chi connectivity index (χ2v) is 7.41. The zero-order chi connectivity index (χ0) is 17.7. The van der Waals surface area contributed by atoms with Crippen LogP contribution >= 0.6 is 11.6 Å². The monoisotopic (exact) mass is 367 g/mol. The summed E-state index contributed by atoms with van der Waals surface area (Å²) in [6.45, 7) is 0. The number of anilines is 1. The molecule has 2 N–H and O–H groups in total. The highest BCUT2D eigenvalue weighted by Gasteiger charge is 2.34. The Kier molecular flexibility index (Phi) is 5.55. The molecule has 0 spiro atoms. The molecule has 126 valence electrons. The van der Waals surface area contributed by atoms with Crippen LogP contribution in [-0.2, 0) is 14.5 Å². The highest BCUT2D eigenvalue weighted by molar-refractivity contribution is 8.01. The minimum Gasteiger partial charge on any atom is -0.316 e. The first-order valence-corrected chi connectivity index (χ1v) is 8.68. The zero-order valence-electron chi connectivity index (χ0n) is 12.6. The lowest BCUT2D eigenvalue weighted by atomic mass is 10.3. The van der Waals surface area contributed by atoms with Crippen molar-refractivity contribution in [3.05, 3.63) is 69.7 Å². The van der Waals surface area contributed by atoms with Crippen molar-refractivity contribution < 1.29 is 13.9 Å². The maximum absolute atomic E-state index is 13.1. The summed E-state index contributed by atoms with van der Waals surface area (Å²) in [5.74, 6) is -1.06. The molecule has 0 bridgehead atoms. The van der Waals surface area contributed by atoms with Crippen LogP contribution in [0.5, 0.6) is 0 Å². The maximum Gasteiger partial charge on any atom is 0.403 e. The second-order valence-electron chi connectivity index (χ2n) is 4.60. The highest BCUT2D eigenvalue weighted by Crippen LogP contribution is 2.15. The number of halogens is 1. The van der Waals surface area contributed by atoms with Crippen LogP contribution in [0.3, 0.4) is 0 Å². The lowest BCUT2D eigenvalue weighted by Gasteiger charge is -2.11. The Morgan fingerprint density at radius 1 is 1.12 bits per heavy atom. The molecule has 0 heterocycles. The fourth-order valence-electron chi connectivity index (χ4n) is 1.97. The van der Waals surface area contributed by atoms with Crippen LogP contribution in [0.1, 0.15) is 0 Å². The third-order valence-corrected chi connectivity index (χ3v) is 5.74. The number of carbonyl (C=O) groups excluding carboxylic acids is 1. The van der Waals surface area contributed by atoms with Gasteiger partial charge in [-0.05, 0) is 43.4 Å². The lowest BCUT2D eigenvalue weighted by molar-refractivity contribution is -0.344. The number of benzene rings is 2. The van der Waals surface area contributed by atoms with Gasteiger partial charge >= 0.3 is 10.9 Å². The predicted octanol–water partition coefficient (Wildman–Crippen LogP) is 2.16. The van der Waals surface area contributed by atoms with Crippen molar-refractivity contribution in [3.63, 3.8) is 0 Å². The molecule has 2 aromatic carbocycles. The van der Waals surface area contributed by atoms with Gasteiger partial charge in [-0.25, -0.2) is 8.93 Å². The number of rotatable bonds is 3. The van der Waals surface area contributed by atoms with Crippen LogP contribution in [0.25, 0.3) is 0 Å². The predicted molar refractivity (Wildman–Crippen MR) is 94.0 cm³/mol. The van der Waals surface area contributed by atoms with Gasteiger partial charge in [0.05, 0.1) is 9.82 Å². The summed E-state index contributed by atoms with van der Waals surface area (Å²) in [5, 5.41) is 14.2. The van der Waals surface area contributed by atoms with E-state index in [1.807, 2.05) is 0 Å². The van der Waals surface area contributed by atoms with Crippen molar-refractivity contribution in [3.8, 4) is 0 Å². The summed E-state index contributed by atoms with van der Waals surface area (Å²) < 4.78 is 15.5. The Balaban J connectivity index is 2.54. The summed E-state index contributed by atoms with van der Waals surface area (Å²) in [6.07, 6.45) is 0. The van der Waals surface area contributed by atoms with Crippen molar-refractivity contribution >= 4 is 37.9 Å². The van der Waals surface area contributed by atoms with Gasteiger partial charge in [0.15, 0.2) is 0 Å². The molecule has 0 aromatic heterocycles. The molecule has 1 atom stereocenters. The summed E-state index contributed by atoms with van der Waals surface area (Å²) in [4.78, 5) is 22.1. The fourth-order valence-corrected chi connectivity index (χ4v) is 3.82. The van der Waals surface area contributed by atoms with Gasteiger partial charge < -0.3 is 5.32 Å². The van der Waals surface area contributed by atoms with Gasteiger partial charge in [-0.3, -0.25) is 14.9 Å². The molecular weight excluding hydrogens is 354 g/mol. The first-order chi connectivity index (χ1) is 11.4. The molecule has 2 aromatic rings. The van der Waals surface area contributed by atoms with E-state index >= 15 is 0 Å². The Morgan fingerprint density at radius 2 is 1.71 bits per heavy atom. The Labute approximate surface area is 143 Å². The van der Waals surface area contributed by atoms with E-state index in [1.165, 1.54) is 43.4 Å². The van der Waals surface area contributed by atoms with Crippen LogP contribution in [0.2, 0.25) is 5.02 Å². The number of nitro groups is 1. The van der Waals surface area contributed by atoms with E-state index in [0.717, 1.165) is 0 Å². The van der Waals surface area contributed by atoms with E-state index in [1.54, 1.807) is 18.2 Å². The van der Waals surface area contributed by atoms with Gasteiger partial charge in [0.1, 0.15) is 9.71 Å². The molecule has 0 radical (unpaired) electrons. The van der Waals surface area contributed by atoms with Gasteiger partial charge in [0, 0.05) is 10.7 Å². The van der Waals surface area contributed by atoms with E-state index in [9.17, 15) is 19.1 Å². The standard InChI is InChI=1S/C15H14ClN3O4S/c1-17-24(23,13-5-3-2-4-6-13)15(19(21)22)14(20)18-12-9-7-11(16)8-10-12/h2-10H,1H3,(H,17,23)(H,18,20). The second kappa shape index (κ2) is 7.43. The molecule has 0 fully saturated rings. The Hall–Kier alpha value is -2.42. The average molecular weight is 368 g/mol. The number of nitrogens with one attached hydrogen (secondary N) is 2. The molecule has 0 aliphatic rings. The van der Waals surface area contributed by atoms with Gasteiger partial charge in [0.25, 0.3) is 0 Å². The Bertz CT molecular complexity index is 875. The van der Waals surface area contributed by atoms with Crippen molar-refractivity contribution in [1.29, 1.82) is 0 Å². The Morgan fingerprint density at radius 3 is 2.21 bits per heavy atom. The van der Waals surface area contributed by atoms with E-state index in [2.05, 4.69) is 10.0 Å². The van der Waals surface area contributed by atoms with Gasteiger partial charge in [-0.15, -0.1) is 0 Å². The summed E-state index contributed by atoms with van der Waals surface area (Å²) in [5.41, 5.74) is 0.301. The maximum atomic E-state index is 13.1. The number of hydrogen-bond acceptors (Lipinski definition) is 4. The number of hydrogen-bond donors (Lipinski definition) is 2. The average Bonchev–Trinajstić information content (AvgIpc) is 2.57. The first-order valence-electron chi connectivity index (χ1n) is 6.74. The molecule has 0 saturated carbocycles. The minimum absolute atomic E-state index is 0.144. The SMILES string of the molecule is CNS(=O)(=C(C(=O)Nc1ccc(Cl)cc1)[N+](=O)[O-])c1ccccc1. The first kappa shape index (κ1) is 17.9. The molecule has 2 rings (SSSR count). The number of carbonyl (C=O) groups is 1.